The van der Waals surface area contributed by atoms with E-state index in [0.717, 1.165) is 0 Å². The van der Waals surface area contributed by atoms with E-state index < -0.39 is 6.10 Å². The molecule has 8 heteroatoms. The number of aromatic nitrogens is 2. The zero-order chi connectivity index (χ0) is 17.8. The van der Waals surface area contributed by atoms with Gasteiger partial charge < -0.3 is 14.0 Å². The minimum Gasteiger partial charge on any atom is -0.483 e. The maximum atomic E-state index is 12.1. The molecule has 0 amide bonds. The van der Waals surface area contributed by atoms with Crippen LogP contribution in [0.1, 0.15) is 17.4 Å². The molecule has 0 aliphatic rings. The Balaban J connectivity index is 1.65. The Morgan fingerprint density at radius 3 is 2.52 bits per heavy atom. The number of nitrogens with zero attached hydrogens (tertiary/aromatic N) is 2. The molecule has 0 bridgehead atoms. The number of hydrogen-bond acceptors (Lipinski definition) is 6. The molecule has 1 unspecified atom stereocenters. The smallest absolute Gasteiger partial charge is 0.238 e. The third-order valence-corrected chi connectivity index (χ3v) is 3.66. The van der Waals surface area contributed by atoms with E-state index in [0.29, 0.717) is 21.5 Å². The SMILES string of the molecule is CC(Oc1ccc(Oc2ncc(Cl)cc2Cl)cc1)C(=O)c1ccon1. The standard InChI is InChI=1S/C17H12Cl2N2O4/c1-10(16(22)15-6-7-23-21-15)24-12-2-4-13(5-3-12)25-17-14(19)8-11(18)9-20-17/h2-10H,1H3. The number of Topliss-reactive ketones (excluding diaryl/α,β-unsaturated/α-hetero) is 1. The average molecular weight is 379 g/mol. The topological polar surface area (TPSA) is 74.5 Å². The van der Waals surface area contributed by atoms with Gasteiger partial charge in [0, 0.05) is 12.3 Å². The molecule has 3 rings (SSSR count). The Morgan fingerprint density at radius 2 is 1.88 bits per heavy atom. The van der Waals surface area contributed by atoms with E-state index in [1.54, 1.807) is 37.3 Å². The molecule has 0 radical (unpaired) electrons. The van der Waals surface area contributed by atoms with E-state index in [2.05, 4.69) is 14.7 Å². The van der Waals surface area contributed by atoms with Crippen LogP contribution in [0.5, 0.6) is 17.4 Å². The highest BCUT2D eigenvalue weighted by Gasteiger charge is 2.19. The van der Waals surface area contributed by atoms with Gasteiger partial charge >= 0.3 is 0 Å². The van der Waals surface area contributed by atoms with Crippen LogP contribution in [-0.2, 0) is 0 Å². The van der Waals surface area contributed by atoms with Crippen LogP contribution < -0.4 is 9.47 Å². The predicted octanol–water partition coefficient (Wildman–Crippen LogP) is 4.82. The van der Waals surface area contributed by atoms with Crippen molar-refractivity contribution in [2.24, 2.45) is 0 Å². The molecule has 25 heavy (non-hydrogen) atoms. The fraction of sp³-hybridized carbons (Fsp3) is 0.118. The van der Waals surface area contributed by atoms with Crippen molar-refractivity contribution in [1.29, 1.82) is 0 Å². The molecule has 0 aliphatic heterocycles. The van der Waals surface area contributed by atoms with Gasteiger partial charge in [0.15, 0.2) is 11.8 Å². The molecule has 3 aromatic rings. The first-order valence-electron chi connectivity index (χ1n) is 7.23. The lowest BCUT2D eigenvalue weighted by Gasteiger charge is -2.13. The molecule has 0 aliphatic carbocycles. The molecular weight excluding hydrogens is 367 g/mol. The number of carbonyl (C=O) groups is 1. The summed E-state index contributed by atoms with van der Waals surface area (Å²) in [4.78, 5) is 16.1. The first-order valence-corrected chi connectivity index (χ1v) is 7.99. The normalized spacial score (nSPS) is 11.8. The van der Waals surface area contributed by atoms with Crippen molar-refractivity contribution < 1.29 is 18.8 Å². The van der Waals surface area contributed by atoms with Crippen molar-refractivity contribution in [3.63, 3.8) is 0 Å². The fourth-order valence-corrected chi connectivity index (χ4v) is 2.40. The summed E-state index contributed by atoms with van der Waals surface area (Å²) in [5.41, 5.74) is 0.218. The minimum atomic E-state index is -0.704. The second-order valence-electron chi connectivity index (χ2n) is 5.02. The van der Waals surface area contributed by atoms with Crippen molar-refractivity contribution in [2.75, 3.05) is 0 Å². The molecule has 6 nitrogen and oxygen atoms in total. The summed E-state index contributed by atoms with van der Waals surface area (Å²) < 4.78 is 15.8. The third kappa shape index (κ3) is 4.29. The fourth-order valence-electron chi connectivity index (χ4n) is 1.98. The molecule has 0 spiro atoms. The number of carbonyl (C=O) groups excluding carboxylic acids is 1. The van der Waals surface area contributed by atoms with E-state index in [4.69, 9.17) is 32.7 Å². The molecule has 128 valence electrons. The van der Waals surface area contributed by atoms with Crippen molar-refractivity contribution in [3.8, 4) is 17.4 Å². The molecular formula is C17H12Cl2N2O4. The van der Waals surface area contributed by atoms with E-state index in [1.165, 1.54) is 18.5 Å². The lowest BCUT2D eigenvalue weighted by Crippen LogP contribution is -2.24. The van der Waals surface area contributed by atoms with Gasteiger partial charge in [-0.2, -0.15) is 0 Å². The molecule has 1 aromatic carbocycles. The Hall–Kier alpha value is -2.57. The minimum absolute atomic E-state index is 0.218. The van der Waals surface area contributed by atoms with Crippen LogP contribution in [0.2, 0.25) is 10.0 Å². The Morgan fingerprint density at radius 1 is 1.16 bits per heavy atom. The monoisotopic (exact) mass is 378 g/mol. The van der Waals surface area contributed by atoms with Crippen molar-refractivity contribution in [1.82, 2.24) is 10.1 Å². The van der Waals surface area contributed by atoms with E-state index in [9.17, 15) is 4.79 Å². The number of benzene rings is 1. The largest absolute Gasteiger partial charge is 0.483 e. The van der Waals surface area contributed by atoms with Crippen molar-refractivity contribution in [3.05, 3.63) is 64.6 Å². The van der Waals surface area contributed by atoms with Gasteiger partial charge in [-0.25, -0.2) is 4.98 Å². The van der Waals surface area contributed by atoms with Crippen LogP contribution in [0.15, 0.2) is 53.4 Å². The van der Waals surface area contributed by atoms with Gasteiger partial charge in [-0.3, -0.25) is 4.79 Å². The van der Waals surface area contributed by atoms with Gasteiger partial charge in [-0.05, 0) is 37.3 Å². The molecule has 0 saturated carbocycles. The van der Waals surface area contributed by atoms with Gasteiger partial charge in [0.1, 0.15) is 22.8 Å². The van der Waals surface area contributed by atoms with E-state index in [-0.39, 0.29) is 17.4 Å². The van der Waals surface area contributed by atoms with Gasteiger partial charge in [-0.1, -0.05) is 28.4 Å². The third-order valence-electron chi connectivity index (χ3n) is 3.18. The molecule has 1 atom stereocenters. The lowest BCUT2D eigenvalue weighted by atomic mass is 10.2. The predicted molar refractivity (Wildman–Crippen MR) is 91.7 cm³/mol. The zero-order valence-corrected chi connectivity index (χ0v) is 14.5. The summed E-state index contributed by atoms with van der Waals surface area (Å²) in [6, 6.07) is 9.73. The average Bonchev–Trinajstić information content (AvgIpc) is 3.13. The van der Waals surface area contributed by atoms with Crippen molar-refractivity contribution >= 4 is 29.0 Å². The highest BCUT2D eigenvalue weighted by molar-refractivity contribution is 6.35. The molecule has 0 saturated heterocycles. The molecule has 2 aromatic heterocycles. The molecule has 0 N–H and O–H groups in total. The Bertz CT molecular complexity index is 867. The first kappa shape index (κ1) is 17.3. The number of pyridine rings is 1. The van der Waals surface area contributed by atoms with E-state index in [1.807, 2.05) is 0 Å². The van der Waals surface area contributed by atoms with Crippen LogP contribution in [0, 0.1) is 0 Å². The number of halogens is 2. The molecule has 2 heterocycles. The summed E-state index contributed by atoms with van der Waals surface area (Å²) >= 11 is 11.8. The maximum absolute atomic E-state index is 12.1. The Kier molecular flexibility index (Phi) is 5.21. The van der Waals surface area contributed by atoms with Crippen LogP contribution in [0.4, 0.5) is 0 Å². The number of ketones is 1. The Labute approximate surface area is 153 Å². The van der Waals surface area contributed by atoms with Gasteiger partial charge in [0.05, 0.1) is 5.02 Å². The maximum Gasteiger partial charge on any atom is 0.238 e. The lowest BCUT2D eigenvalue weighted by molar-refractivity contribution is 0.0808. The second kappa shape index (κ2) is 7.55. The summed E-state index contributed by atoms with van der Waals surface area (Å²) in [6.07, 6.45) is 2.07. The summed E-state index contributed by atoms with van der Waals surface area (Å²) in [5, 5.41) is 4.33. The van der Waals surface area contributed by atoms with Crippen LogP contribution in [0.3, 0.4) is 0 Å². The van der Waals surface area contributed by atoms with Gasteiger partial charge in [-0.15, -0.1) is 0 Å². The van der Waals surface area contributed by atoms with Gasteiger partial charge in [0.2, 0.25) is 11.7 Å². The van der Waals surface area contributed by atoms with Crippen LogP contribution >= 0.6 is 23.2 Å². The highest BCUT2D eigenvalue weighted by Crippen LogP contribution is 2.30. The number of rotatable bonds is 6. The quantitative estimate of drug-likeness (QED) is 0.572. The van der Waals surface area contributed by atoms with Crippen LogP contribution in [-0.4, -0.2) is 22.0 Å². The molecule has 0 fully saturated rings. The summed E-state index contributed by atoms with van der Waals surface area (Å²) in [6.45, 7) is 1.64. The van der Waals surface area contributed by atoms with Crippen LogP contribution in [0.25, 0.3) is 0 Å². The number of hydrogen-bond donors (Lipinski definition) is 0. The first-order chi connectivity index (χ1) is 12.0. The second-order valence-corrected chi connectivity index (χ2v) is 5.87. The van der Waals surface area contributed by atoms with Gasteiger partial charge in [0.25, 0.3) is 0 Å². The highest BCUT2D eigenvalue weighted by atomic mass is 35.5. The van der Waals surface area contributed by atoms with E-state index >= 15 is 0 Å². The van der Waals surface area contributed by atoms with Crippen molar-refractivity contribution in [2.45, 2.75) is 13.0 Å². The summed E-state index contributed by atoms with van der Waals surface area (Å²) in [7, 11) is 0. The summed E-state index contributed by atoms with van der Waals surface area (Å²) in [5.74, 6) is 0.993. The zero-order valence-electron chi connectivity index (χ0n) is 13.0. The number of ether oxygens (including phenoxy) is 2.